The number of halogens is 1. The molecule has 0 atom stereocenters. The molecular weight excluding hydrogens is 395 g/mol. The Kier molecular flexibility index (Phi) is 8.45. The number of hydrogen-bond acceptors (Lipinski definition) is 4. The molecule has 0 saturated carbocycles. The first-order chi connectivity index (χ1) is 13.9. The molecule has 0 aliphatic carbocycles. The molecule has 2 aromatic carbocycles. The predicted octanol–water partition coefficient (Wildman–Crippen LogP) is 3.73. The SMILES string of the molecule is CCCCCNC(=O)CN(c1ccc(F)cc1)S(=O)(=O)c1ccc(OCC)cc1. The average Bonchev–Trinajstić information content (AvgIpc) is 2.71. The molecule has 2 aromatic rings. The van der Waals surface area contributed by atoms with Gasteiger partial charge in [0, 0.05) is 6.54 Å². The van der Waals surface area contributed by atoms with Crippen molar-refractivity contribution in [1.29, 1.82) is 0 Å². The van der Waals surface area contributed by atoms with Crippen molar-refractivity contribution < 1.29 is 22.3 Å². The standard InChI is InChI=1S/C21H27FN2O4S/c1-3-5-6-15-23-21(25)16-24(18-9-7-17(22)8-10-18)29(26,27)20-13-11-19(12-14-20)28-4-2/h7-14H,3-6,15-16H2,1-2H3,(H,23,25). The zero-order valence-corrected chi connectivity index (χ0v) is 17.5. The van der Waals surface area contributed by atoms with Crippen molar-refractivity contribution in [3.8, 4) is 5.75 Å². The fourth-order valence-electron chi connectivity index (χ4n) is 2.71. The monoisotopic (exact) mass is 422 g/mol. The van der Waals surface area contributed by atoms with Gasteiger partial charge < -0.3 is 10.1 Å². The molecule has 0 bridgehead atoms. The Bertz CT molecular complexity index is 884. The lowest BCUT2D eigenvalue weighted by Gasteiger charge is -2.24. The first kappa shape index (κ1) is 22.7. The van der Waals surface area contributed by atoms with Crippen LogP contribution in [-0.4, -0.2) is 34.0 Å². The molecule has 0 aliphatic rings. The number of unbranched alkanes of at least 4 members (excludes halogenated alkanes) is 2. The van der Waals surface area contributed by atoms with E-state index in [-0.39, 0.29) is 10.6 Å². The zero-order chi connectivity index (χ0) is 21.3. The van der Waals surface area contributed by atoms with E-state index in [0.29, 0.717) is 18.9 Å². The summed E-state index contributed by atoms with van der Waals surface area (Å²) in [5.74, 6) is -0.357. The highest BCUT2D eigenvalue weighted by molar-refractivity contribution is 7.92. The van der Waals surface area contributed by atoms with Crippen LogP contribution in [-0.2, 0) is 14.8 Å². The fourth-order valence-corrected chi connectivity index (χ4v) is 4.13. The van der Waals surface area contributed by atoms with Crippen molar-refractivity contribution in [3.05, 3.63) is 54.3 Å². The minimum absolute atomic E-state index is 0.0176. The smallest absolute Gasteiger partial charge is 0.264 e. The van der Waals surface area contributed by atoms with Gasteiger partial charge in [0.25, 0.3) is 10.0 Å². The van der Waals surface area contributed by atoms with Crippen LogP contribution in [0.5, 0.6) is 5.75 Å². The third-order valence-electron chi connectivity index (χ3n) is 4.23. The molecule has 29 heavy (non-hydrogen) atoms. The van der Waals surface area contributed by atoms with Crippen molar-refractivity contribution in [2.75, 3.05) is 24.0 Å². The second-order valence-electron chi connectivity index (χ2n) is 6.45. The number of amides is 1. The van der Waals surface area contributed by atoms with Crippen LogP contribution in [0.1, 0.15) is 33.1 Å². The van der Waals surface area contributed by atoms with Crippen molar-refractivity contribution in [1.82, 2.24) is 5.32 Å². The maximum Gasteiger partial charge on any atom is 0.264 e. The van der Waals surface area contributed by atoms with Crippen LogP contribution in [0.25, 0.3) is 0 Å². The summed E-state index contributed by atoms with van der Waals surface area (Å²) in [6, 6.07) is 11.0. The molecule has 1 N–H and O–H groups in total. The number of rotatable bonds is 11. The lowest BCUT2D eigenvalue weighted by molar-refractivity contribution is -0.119. The average molecular weight is 423 g/mol. The minimum Gasteiger partial charge on any atom is -0.494 e. The Labute approximate surface area is 171 Å². The summed E-state index contributed by atoms with van der Waals surface area (Å²) >= 11 is 0. The summed E-state index contributed by atoms with van der Waals surface area (Å²) < 4.78 is 46.1. The second-order valence-corrected chi connectivity index (χ2v) is 8.31. The van der Waals surface area contributed by atoms with Gasteiger partial charge in [0.05, 0.1) is 17.2 Å². The van der Waals surface area contributed by atoms with Crippen LogP contribution in [0, 0.1) is 5.82 Å². The van der Waals surface area contributed by atoms with Crippen molar-refractivity contribution >= 4 is 21.6 Å². The molecule has 158 valence electrons. The molecule has 0 radical (unpaired) electrons. The first-order valence-corrected chi connectivity index (χ1v) is 11.1. The molecule has 8 heteroatoms. The van der Waals surface area contributed by atoms with Crippen LogP contribution >= 0.6 is 0 Å². The van der Waals surface area contributed by atoms with E-state index < -0.39 is 28.3 Å². The fraction of sp³-hybridized carbons (Fsp3) is 0.381. The lowest BCUT2D eigenvalue weighted by atomic mass is 10.2. The van der Waals surface area contributed by atoms with Crippen LogP contribution in [0.3, 0.4) is 0 Å². The Hall–Kier alpha value is -2.61. The van der Waals surface area contributed by atoms with Gasteiger partial charge in [0.1, 0.15) is 18.1 Å². The Morgan fingerprint density at radius 3 is 2.28 bits per heavy atom. The summed E-state index contributed by atoms with van der Waals surface area (Å²) in [4.78, 5) is 12.4. The van der Waals surface area contributed by atoms with E-state index in [0.717, 1.165) is 35.7 Å². The van der Waals surface area contributed by atoms with Crippen LogP contribution in [0.4, 0.5) is 10.1 Å². The van der Waals surface area contributed by atoms with Gasteiger partial charge in [-0.05, 0) is 61.9 Å². The molecular formula is C21H27FN2O4S. The normalized spacial score (nSPS) is 11.1. The topological polar surface area (TPSA) is 75.7 Å². The predicted molar refractivity (Wildman–Crippen MR) is 111 cm³/mol. The number of anilines is 1. The second kappa shape index (κ2) is 10.8. The summed E-state index contributed by atoms with van der Waals surface area (Å²) in [7, 11) is -4.03. The van der Waals surface area contributed by atoms with E-state index in [9.17, 15) is 17.6 Å². The van der Waals surface area contributed by atoms with Crippen molar-refractivity contribution in [2.45, 2.75) is 38.0 Å². The summed E-state index contributed by atoms with van der Waals surface area (Å²) in [6.07, 6.45) is 2.82. The highest BCUT2D eigenvalue weighted by Gasteiger charge is 2.27. The van der Waals surface area contributed by atoms with Gasteiger partial charge in [0.15, 0.2) is 0 Å². The molecule has 0 aliphatic heterocycles. The number of nitrogens with zero attached hydrogens (tertiary/aromatic N) is 1. The number of sulfonamides is 1. The zero-order valence-electron chi connectivity index (χ0n) is 16.7. The third-order valence-corrected chi connectivity index (χ3v) is 6.02. The van der Waals surface area contributed by atoms with Gasteiger partial charge in [-0.25, -0.2) is 12.8 Å². The Morgan fingerprint density at radius 2 is 1.69 bits per heavy atom. The maximum atomic E-state index is 13.3. The van der Waals surface area contributed by atoms with E-state index >= 15 is 0 Å². The molecule has 0 spiro atoms. The van der Waals surface area contributed by atoms with Gasteiger partial charge in [0.2, 0.25) is 5.91 Å². The number of benzene rings is 2. The van der Waals surface area contributed by atoms with E-state index in [1.807, 2.05) is 6.92 Å². The molecule has 1 amide bonds. The highest BCUT2D eigenvalue weighted by atomic mass is 32.2. The molecule has 6 nitrogen and oxygen atoms in total. The summed E-state index contributed by atoms with van der Waals surface area (Å²) in [5.41, 5.74) is 0.212. The molecule has 0 unspecified atom stereocenters. The van der Waals surface area contributed by atoms with Gasteiger partial charge in [-0.2, -0.15) is 0 Å². The largest absolute Gasteiger partial charge is 0.494 e. The molecule has 2 rings (SSSR count). The van der Waals surface area contributed by atoms with E-state index in [1.54, 1.807) is 12.1 Å². The summed E-state index contributed by atoms with van der Waals surface area (Å²) in [6.45, 7) is 4.44. The Morgan fingerprint density at radius 1 is 1.03 bits per heavy atom. The molecule has 0 fully saturated rings. The first-order valence-electron chi connectivity index (χ1n) is 9.66. The van der Waals surface area contributed by atoms with Gasteiger partial charge in [-0.1, -0.05) is 19.8 Å². The number of carbonyl (C=O) groups excluding carboxylic acids is 1. The van der Waals surface area contributed by atoms with Crippen molar-refractivity contribution in [3.63, 3.8) is 0 Å². The molecule has 0 saturated heterocycles. The van der Waals surface area contributed by atoms with E-state index in [4.69, 9.17) is 4.74 Å². The van der Waals surface area contributed by atoms with Crippen LogP contribution < -0.4 is 14.4 Å². The highest BCUT2D eigenvalue weighted by Crippen LogP contribution is 2.25. The van der Waals surface area contributed by atoms with Crippen LogP contribution in [0.15, 0.2) is 53.4 Å². The van der Waals surface area contributed by atoms with Crippen LogP contribution in [0.2, 0.25) is 0 Å². The number of carbonyl (C=O) groups is 1. The summed E-state index contributed by atoms with van der Waals surface area (Å²) in [5, 5.41) is 2.74. The van der Waals surface area contributed by atoms with Gasteiger partial charge >= 0.3 is 0 Å². The Balaban J connectivity index is 2.27. The van der Waals surface area contributed by atoms with Gasteiger partial charge in [-0.3, -0.25) is 9.10 Å². The number of nitrogens with one attached hydrogen (secondary N) is 1. The maximum absolute atomic E-state index is 13.3. The lowest BCUT2D eigenvalue weighted by Crippen LogP contribution is -2.41. The molecule has 0 heterocycles. The minimum atomic E-state index is -4.03. The van der Waals surface area contributed by atoms with Gasteiger partial charge in [-0.15, -0.1) is 0 Å². The molecule has 0 aromatic heterocycles. The number of ether oxygens (including phenoxy) is 1. The third kappa shape index (κ3) is 6.45. The van der Waals surface area contributed by atoms with Crippen molar-refractivity contribution in [2.24, 2.45) is 0 Å². The number of hydrogen-bond donors (Lipinski definition) is 1. The van der Waals surface area contributed by atoms with E-state index in [1.165, 1.54) is 24.3 Å². The quantitative estimate of drug-likeness (QED) is 0.560. The van der Waals surface area contributed by atoms with E-state index in [2.05, 4.69) is 12.2 Å².